The van der Waals surface area contributed by atoms with Gasteiger partial charge in [0.25, 0.3) is 0 Å². The van der Waals surface area contributed by atoms with Crippen LogP contribution in [0, 0.1) is 0 Å². The van der Waals surface area contributed by atoms with Crippen LogP contribution in [-0.2, 0) is 0 Å². The molecule has 2 aromatic carbocycles. The first kappa shape index (κ1) is 25.1. The molecule has 0 radical (unpaired) electrons. The van der Waals surface area contributed by atoms with Crippen molar-refractivity contribution >= 4 is 37.3 Å². The van der Waals surface area contributed by atoms with Gasteiger partial charge < -0.3 is 25.6 Å². The number of hydrogen-bond acceptors (Lipinski definition) is 5. The first-order valence-corrected chi connectivity index (χ1v) is 6.65. The molecule has 0 amide bonds. The van der Waals surface area contributed by atoms with Gasteiger partial charge in [0.05, 0.1) is 0 Å². The van der Waals surface area contributed by atoms with Crippen molar-refractivity contribution in [3.8, 4) is 0 Å². The van der Waals surface area contributed by atoms with Gasteiger partial charge in [-0.05, 0) is 22.1 Å². The monoisotopic (exact) mass is 336 g/mol. The summed E-state index contributed by atoms with van der Waals surface area (Å²) in [6.45, 7) is 7.16. The zero-order valence-corrected chi connectivity index (χ0v) is 15.6. The van der Waals surface area contributed by atoms with Gasteiger partial charge >= 0.3 is 43.8 Å². The SMILES string of the molecule is C=Cc1ccc(B(O)O)cc1.C=Cc1ccc(B(O)O)cc1.[Na+].[OH-]. The second-order valence-corrected chi connectivity index (χ2v) is 4.49. The minimum absolute atomic E-state index is 0. The maximum absolute atomic E-state index is 8.72. The maximum Gasteiger partial charge on any atom is 1.00 e. The first-order chi connectivity index (χ1) is 10.5. The molecule has 0 aliphatic carbocycles. The molecule has 2 aromatic rings. The fraction of sp³-hybridized carbons (Fsp3) is 0. The van der Waals surface area contributed by atoms with Crippen molar-refractivity contribution in [2.45, 2.75) is 0 Å². The van der Waals surface area contributed by atoms with Gasteiger partial charge in [-0.15, -0.1) is 0 Å². The molecule has 5 N–H and O–H groups in total. The smallest absolute Gasteiger partial charge is 0.870 e. The third-order valence-electron chi connectivity index (χ3n) is 2.94. The normalized spacial score (nSPS) is 8.50. The summed E-state index contributed by atoms with van der Waals surface area (Å²) in [5, 5.41) is 34.9. The van der Waals surface area contributed by atoms with Crippen LogP contribution in [0.25, 0.3) is 12.2 Å². The van der Waals surface area contributed by atoms with Crippen LogP contribution in [0.3, 0.4) is 0 Å². The topological polar surface area (TPSA) is 111 Å². The van der Waals surface area contributed by atoms with E-state index < -0.39 is 14.2 Å². The van der Waals surface area contributed by atoms with E-state index in [2.05, 4.69) is 13.2 Å². The van der Waals surface area contributed by atoms with Gasteiger partial charge in [0.15, 0.2) is 0 Å². The summed E-state index contributed by atoms with van der Waals surface area (Å²) in [5.41, 5.74) is 2.93. The van der Waals surface area contributed by atoms with Gasteiger partial charge in [0, 0.05) is 0 Å². The largest absolute Gasteiger partial charge is 1.00 e. The van der Waals surface area contributed by atoms with Gasteiger partial charge in [-0.3, -0.25) is 0 Å². The second-order valence-electron chi connectivity index (χ2n) is 4.49. The summed E-state index contributed by atoms with van der Waals surface area (Å²) < 4.78 is 0. The van der Waals surface area contributed by atoms with Gasteiger partial charge in [-0.25, -0.2) is 0 Å². The molecular weight excluding hydrogens is 317 g/mol. The minimum Gasteiger partial charge on any atom is -0.870 e. The average Bonchev–Trinajstić information content (AvgIpc) is 2.55. The van der Waals surface area contributed by atoms with E-state index >= 15 is 0 Å². The third kappa shape index (κ3) is 8.63. The summed E-state index contributed by atoms with van der Waals surface area (Å²) in [6.07, 6.45) is 3.40. The van der Waals surface area contributed by atoms with Crippen molar-refractivity contribution in [3.05, 3.63) is 72.8 Å². The molecule has 0 saturated heterocycles. The van der Waals surface area contributed by atoms with Gasteiger partial charge in [-0.2, -0.15) is 0 Å². The Bertz CT molecular complexity index is 545. The first-order valence-electron chi connectivity index (χ1n) is 6.65. The molecular formula is C16H19B2NaO5. The van der Waals surface area contributed by atoms with E-state index in [-0.39, 0.29) is 35.0 Å². The van der Waals surface area contributed by atoms with Crippen molar-refractivity contribution in [1.29, 1.82) is 0 Å². The minimum atomic E-state index is -1.38. The van der Waals surface area contributed by atoms with Crippen molar-refractivity contribution in [2.75, 3.05) is 0 Å². The van der Waals surface area contributed by atoms with E-state index in [4.69, 9.17) is 20.1 Å². The van der Waals surface area contributed by atoms with Crippen LogP contribution < -0.4 is 40.5 Å². The van der Waals surface area contributed by atoms with E-state index in [9.17, 15) is 0 Å². The molecule has 120 valence electrons. The Morgan fingerprint density at radius 1 is 0.625 bits per heavy atom. The van der Waals surface area contributed by atoms with Crippen LogP contribution in [0.1, 0.15) is 11.1 Å². The molecule has 0 aliphatic heterocycles. The Labute approximate surface area is 164 Å². The molecule has 0 atom stereocenters. The molecule has 0 fully saturated rings. The molecule has 0 heterocycles. The molecule has 0 saturated carbocycles. The molecule has 24 heavy (non-hydrogen) atoms. The number of rotatable bonds is 4. The van der Waals surface area contributed by atoms with Crippen LogP contribution in [0.15, 0.2) is 61.7 Å². The summed E-state index contributed by atoms with van der Waals surface area (Å²) in [4.78, 5) is 0. The molecule has 0 aliphatic rings. The summed E-state index contributed by atoms with van der Waals surface area (Å²) in [7, 11) is -2.76. The fourth-order valence-electron chi connectivity index (χ4n) is 1.61. The predicted molar refractivity (Wildman–Crippen MR) is 94.7 cm³/mol. The van der Waals surface area contributed by atoms with Crippen LogP contribution in [0.2, 0.25) is 0 Å². The van der Waals surface area contributed by atoms with E-state index in [0.717, 1.165) is 11.1 Å². The Morgan fingerprint density at radius 3 is 1.04 bits per heavy atom. The van der Waals surface area contributed by atoms with E-state index in [0.29, 0.717) is 10.9 Å². The second kappa shape index (κ2) is 13.2. The van der Waals surface area contributed by atoms with Gasteiger partial charge in [-0.1, -0.05) is 73.8 Å². The van der Waals surface area contributed by atoms with E-state index in [1.807, 2.05) is 0 Å². The molecule has 8 heteroatoms. The molecule has 0 spiro atoms. The molecule has 5 nitrogen and oxygen atoms in total. The van der Waals surface area contributed by atoms with Crippen LogP contribution in [-0.4, -0.2) is 39.8 Å². The van der Waals surface area contributed by atoms with E-state index in [1.165, 1.54) is 0 Å². The molecule has 0 unspecified atom stereocenters. The van der Waals surface area contributed by atoms with Crippen LogP contribution >= 0.6 is 0 Å². The standard InChI is InChI=1S/2C8H9BO2.Na.H2O/c2*1-2-7-3-5-8(6-4-7)9(10)11;;/h2*2-6,10-11H,1H2;;1H2/q;;+1;/p-1. The number of benzene rings is 2. The van der Waals surface area contributed by atoms with Crippen molar-refractivity contribution in [2.24, 2.45) is 0 Å². The molecule has 2 rings (SSSR count). The third-order valence-corrected chi connectivity index (χ3v) is 2.94. The zero-order valence-electron chi connectivity index (χ0n) is 13.6. The Kier molecular flexibility index (Phi) is 13.8. The summed E-state index contributed by atoms with van der Waals surface area (Å²) in [6, 6.07) is 13.7. The van der Waals surface area contributed by atoms with E-state index in [1.54, 1.807) is 60.7 Å². The van der Waals surface area contributed by atoms with Crippen LogP contribution in [0.4, 0.5) is 0 Å². The maximum atomic E-state index is 8.72. The van der Waals surface area contributed by atoms with Gasteiger partial charge in [0.2, 0.25) is 0 Å². The van der Waals surface area contributed by atoms with Gasteiger partial charge in [0.1, 0.15) is 0 Å². The zero-order chi connectivity index (χ0) is 16.5. The Morgan fingerprint density at radius 2 is 0.875 bits per heavy atom. The van der Waals surface area contributed by atoms with Crippen molar-refractivity contribution in [3.63, 3.8) is 0 Å². The summed E-state index contributed by atoms with van der Waals surface area (Å²) >= 11 is 0. The quantitative estimate of drug-likeness (QED) is 0.441. The molecule has 0 aromatic heterocycles. The summed E-state index contributed by atoms with van der Waals surface area (Å²) in [5.74, 6) is 0. The Hall–Kier alpha value is -1.15. The fourth-order valence-corrected chi connectivity index (χ4v) is 1.61. The molecule has 0 bridgehead atoms. The predicted octanol–water partition coefficient (Wildman–Crippen LogP) is -3.15. The Balaban J connectivity index is 0. The van der Waals surface area contributed by atoms with Crippen molar-refractivity contribution < 1.29 is 55.1 Å². The number of hydrogen-bond donors (Lipinski definition) is 4. The van der Waals surface area contributed by atoms with Crippen molar-refractivity contribution in [1.82, 2.24) is 0 Å². The average molecular weight is 336 g/mol. The van der Waals surface area contributed by atoms with Crippen LogP contribution in [0.5, 0.6) is 0 Å².